The van der Waals surface area contributed by atoms with Crippen LogP contribution in [0.3, 0.4) is 0 Å². The molecule has 10 heteroatoms. The van der Waals surface area contributed by atoms with E-state index in [4.69, 9.17) is 0 Å². The zero-order valence-corrected chi connectivity index (χ0v) is 16.1. The average molecular weight is 409 g/mol. The molecule has 3 aromatic rings. The lowest BCUT2D eigenvalue weighted by Gasteiger charge is -2.13. The van der Waals surface area contributed by atoms with Gasteiger partial charge in [0.2, 0.25) is 5.91 Å². The summed E-state index contributed by atoms with van der Waals surface area (Å²) in [7, 11) is -3.96. The van der Waals surface area contributed by atoms with Crippen molar-refractivity contribution in [3.63, 3.8) is 0 Å². The Morgan fingerprint density at radius 2 is 2.07 bits per heavy atom. The van der Waals surface area contributed by atoms with E-state index in [1.54, 1.807) is 12.3 Å². The van der Waals surface area contributed by atoms with Gasteiger partial charge in [-0.3, -0.25) is 14.0 Å². The number of halogens is 1. The van der Waals surface area contributed by atoms with E-state index in [0.717, 1.165) is 12.1 Å². The molecular weight excluding hydrogens is 393 g/mol. The number of carbonyl (C=O) groups excluding carboxylic acids is 1. The third-order valence-electron chi connectivity index (χ3n) is 4.02. The van der Waals surface area contributed by atoms with Crippen LogP contribution >= 0.6 is 11.3 Å². The lowest BCUT2D eigenvalue weighted by Crippen LogP contribution is -2.34. The van der Waals surface area contributed by atoms with E-state index in [1.165, 1.54) is 40.9 Å². The first-order chi connectivity index (χ1) is 12.7. The van der Waals surface area contributed by atoms with Crippen molar-refractivity contribution in [2.45, 2.75) is 24.9 Å². The van der Waals surface area contributed by atoms with Crippen LogP contribution in [0.2, 0.25) is 0 Å². The smallest absolute Gasteiger partial charge is 0.258 e. The van der Waals surface area contributed by atoms with Gasteiger partial charge in [0.25, 0.3) is 5.56 Å². The number of carbonyl (C=O) groups is 1. The molecule has 1 amide bonds. The molecule has 0 spiro atoms. The summed E-state index contributed by atoms with van der Waals surface area (Å²) in [6.45, 7) is 2.96. The minimum Gasteiger partial charge on any atom is -0.322 e. The summed E-state index contributed by atoms with van der Waals surface area (Å²) in [4.78, 5) is 29.0. The van der Waals surface area contributed by atoms with E-state index in [2.05, 4.69) is 10.3 Å². The van der Waals surface area contributed by atoms with Crippen LogP contribution in [0.15, 0.2) is 40.5 Å². The number of aryl methyl sites for hydroxylation is 1. The quantitative estimate of drug-likeness (QED) is 0.696. The standard InChI is InChI=1S/C17H16FN3O4S2/c1-10-8-26-17-19-12(7-15(22)21(10)17)9-27(24,25)11(2)16(23)20-14-6-4-3-5-13(14)18/h3-8,11H,9H2,1-2H3,(H,20,23)/t11-/m1/s1. The molecule has 0 aliphatic heterocycles. The van der Waals surface area contributed by atoms with Gasteiger partial charge >= 0.3 is 0 Å². The van der Waals surface area contributed by atoms with Gasteiger partial charge in [-0.2, -0.15) is 0 Å². The van der Waals surface area contributed by atoms with Crippen molar-refractivity contribution in [1.82, 2.24) is 9.38 Å². The second-order valence-corrected chi connectivity index (χ2v) is 9.16. The Balaban J connectivity index is 1.82. The number of nitrogens with zero attached hydrogens (tertiary/aromatic N) is 2. The molecule has 142 valence electrons. The molecule has 27 heavy (non-hydrogen) atoms. The zero-order valence-electron chi connectivity index (χ0n) is 14.5. The van der Waals surface area contributed by atoms with Crippen molar-refractivity contribution in [3.8, 4) is 0 Å². The zero-order chi connectivity index (χ0) is 19.8. The Morgan fingerprint density at radius 3 is 2.78 bits per heavy atom. The van der Waals surface area contributed by atoms with E-state index in [9.17, 15) is 22.4 Å². The Bertz CT molecular complexity index is 1180. The Morgan fingerprint density at radius 1 is 1.37 bits per heavy atom. The first kappa shape index (κ1) is 19.2. The Hall–Kier alpha value is -2.59. The molecule has 0 fully saturated rings. The summed E-state index contributed by atoms with van der Waals surface area (Å²) in [6.07, 6.45) is 0. The highest BCUT2D eigenvalue weighted by molar-refractivity contribution is 7.92. The summed E-state index contributed by atoms with van der Waals surface area (Å²) in [5, 5.41) is 2.57. The molecule has 3 rings (SSSR count). The van der Waals surface area contributed by atoms with E-state index in [1.807, 2.05) is 0 Å². The number of para-hydroxylation sites is 1. The number of sulfone groups is 1. The van der Waals surface area contributed by atoms with Gasteiger partial charge in [0.1, 0.15) is 11.1 Å². The molecule has 1 aromatic carbocycles. The lowest BCUT2D eigenvalue weighted by molar-refractivity contribution is -0.115. The maximum atomic E-state index is 13.6. The van der Waals surface area contributed by atoms with Crippen molar-refractivity contribution >= 4 is 37.7 Å². The fraction of sp³-hybridized carbons (Fsp3) is 0.235. The molecule has 0 aliphatic carbocycles. The normalized spacial score (nSPS) is 12.9. The van der Waals surface area contributed by atoms with Crippen molar-refractivity contribution in [1.29, 1.82) is 0 Å². The first-order valence-corrected chi connectivity index (χ1v) is 10.5. The predicted octanol–water partition coefficient (Wildman–Crippen LogP) is 2.15. The highest BCUT2D eigenvalue weighted by atomic mass is 32.2. The highest BCUT2D eigenvalue weighted by Gasteiger charge is 2.29. The number of hydrogen-bond donors (Lipinski definition) is 1. The SMILES string of the molecule is Cc1csc2nc(CS(=O)(=O)[C@H](C)C(=O)Nc3ccccc3F)cc(=O)n12. The Labute approximate surface area is 158 Å². The Kier molecular flexibility index (Phi) is 5.11. The minimum atomic E-state index is -3.96. The summed E-state index contributed by atoms with van der Waals surface area (Å²) < 4.78 is 40.2. The van der Waals surface area contributed by atoms with Crippen molar-refractivity contribution in [2.24, 2.45) is 0 Å². The van der Waals surface area contributed by atoms with Crippen molar-refractivity contribution in [2.75, 3.05) is 5.32 Å². The van der Waals surface area contributed by atoms with Gasteiger partial charge in [0, 0.05) is 17.1 Å². The second kappa shape index (κ2) is 7.20. The highest BCUT2D eigenvalue weighted by Crippen LogP contribution is 2.17. The van der Waals surface area contributed by atoms with Crippen LogP contribution in [0.1, 0.15) is 18.3 Å². The van der Waals surface area contributed by atoms with Crippen LogP contribution in [0, 0.1) is 12.7 Å². The van der Waals surface area contributed by atoms with E-state index in [-0.39, 0.29) is 16.9 Å². The van der Waals surface area contributed by atoms with Crippen LogP contribution in [-0.4, -0.2) is 29.0 Å². The van der Waals surface area contributed by atoms with Gasteiger partial charge in [-0.25, -0.2) is 17.8 Å². The number of nitrogens with one attached hydrogen (secondary N) is 1. The molecule has 0 aliphatic rings. The van der Waals surface area contributed by atoms with Gasteiger partial charge in [-0.1, -0.05) is 12.1 Å². The number of benzene rings is 1. The third kappa shape index (κ3) is 3.91. The summed E-state index contributed by atoms with van der Waals surface area (Å²) in [5.41, 5.74) is 0.288. The number of anilines is 1. The van der Waals surface area contributed by atoms with E-state index in [0.29, 0.717) is 10.7 Å². The maximum Gasteiger partial charge on any atom is 0.258 e. The van der Waals surface area contributed by atoms with Gasteiger partial charge in [0.05, 0.1) is 17.1 Å². The number of rotatable bonds is 5. The average Bonchev–Trinajstić information content (AvgIpc) is 2.97. The number of fused-ring (bicyclic) bond motifs is 1. The van der Waals surface area contributed by atoms with Gasteiger partial charge in [-0.05, 0) is 26.0 Å². The molecule has 2 heterocycles. The molecular formula is C17H16FN3O4S2. The second-order valence-electron chi connectivity index (χ2n) is 6.00. The van der Waals surface area contributed by atoms with Crippen LogP contribution in [0.5, 0.6) is 0 Å². The molecule has 0 unspecified atom stereocenters. The summed E-state index contributed by atoms with van der Waals surface area (Å²) in [5.74, 6) is -2.09. The van der Waals surface area contributed by atoms with E-state index < -0.39 is 32.6 Å². The third-order valence-corrected chi connectivity index (χ3v) is 6.95. The van der Waals surface area contributed by atoms with Crippen molar-refractivity contribution in [3.05, 3.63) is 63.3 Å². The van der Waals surface area contributed by atoms with Gasteiger partial charge < -0.3 is 5.32 Å². The molecule has 7 nitrogen and oxygen atoms in total. The fourth-order valence-corrected chi connectivity index (χ4v) is 4.55. The predicted molar refractivity (Wildman–Crippen MR) is 101 cm³/mol. The summed E-state index contributed by atoms with van der Waals surface area (Å²) in [6, 6.07) is 6.61. The molecule has 2 aromatic heterocycles. The molecule has 0 saturated heterocycles. The topological polar surface area (TPSA) is 97.6 Å². The molecule has 1 N–H and O–H groups in total. The fourth-order valence-electron chi connectivity index (χ4n) is 2.47. The molecule has 0 bridgehead atoms. The van der Waals surface area contributed by atoms with Crippen molar-refractivity contribution < 1.29 is 17.6 Å². The van der Waals surface area contributed by atoms with Gasteiger partial charge in [0.15, 0.2) is 14.8 Å². The minimum absolute atomic E-state index is 0.0624. The lowest BCUT2D eigenvalue weighted by atomic mass is 10.3. The first-order valence-electron chi connectivity index (χ1n) is 7.93. The number of aromatic nitrogens is 2. The monoisotopic (exact) mass is 409 g/mol. The summed E-state index contributed by atoms with van der Waals surface area (Å²) >= 11 is 1.22. The number of hydrogen-bond acceptors (Lipinski definition) is 6. The largest absolute Gasteiger partial charge is 0.322 e. The van der Waals surface area contributed by atoms with Crippen LogP contribution in [0.25, 0.3) is 4.96 Å². The van der Waals surface area contributed by atoms with Crippen LogP contribution < -0.4 is 10.9 Å². The van der Waals surface area contributed by atoms with Gasteiger partial charge in [-0.15, -0.1) is 11.3 Å². The molecule has 0 saturated carbocycles. The van der Waals surface area contributed by atoms with Crippen LogP contribution in [0.4, 0.5) is 10.1 Å². The van der Waals surface area contributed by atoms with Crippen LogP contribution in [-0.2, 0) is 20.4 Å². The molecule has 0 radical (unpaired) electrons. The number of thiazole rings is 1. The maximum absolute atomic E-state index is 13.6. The van der Waals surface area contributed by atoms with E-state index >= 15 is 0 Å². The number of amides is 1. The molecule has 1 atom stereocenters.